The van der Waals surface area contributed by atoms with Crippen LogP contribution in [0.2, 0.25) is 10.0 Å². The molecule has 0 bridgehead atoms. The van der Waals surface area contributed by atoms with Gasteiger partial charge in [-0.1, -0.05) is 53.2 Å². The van der Waals surface area contributed by atoms with Crippen molar-refractivity contribution in [3.05, 3.63) is 58.2 Å². The van der Waals surface area contributed by atoms with Gasteiger partial charge in [0, 0.05) is 11.2 Å². The number of nitrogens with one attached hydrogen (secondary N) is 1. The zero-order valence-electron chi connectivity index (χ0n) is 11.3. The molecule has 1 unspecified atom stereocenters. The van der Waals surface area contributed by atoms with E-state index in [1.54, 1.807) is 18.3 Å². The Balaban J connectivity index is 1.87. The quantitative estimate of drug-likeness (QED) is 0.822. The number of thioether (sulfide) groups is 1. The molecule has 1 amide bonds. The molecule has 2 aromatic rings. The normalized spacial score (nSPS) is 12.0. The number of rotatable bonds is 5. The van der Waals surface area contributed by atoms with Crippen molar-refractivity contribution in [3.63, 3.8) is 0 Å². The van der Waals surface area contributed by atoms with Crippen molar-refractivity contribution in [2.24, 2.45) is 0 Å². The van der Waals surface area contributed by atoms with Crippen LogP contribution in [-0.2, 0) is 4.79 Å². The van der Waals surface area contributed by atoms with Crippen molar-refractivity contribution in [2.45, 2.75) is 18.0 Å². The molecule has 1 N–H and O–H groups in total. The van der Waals surface area contributed by atoms with Gasteiger partial charge in [0.2, 0.25) is 5.91 Å². The van der Waals surface area contributed by atoms with Crippen molar-refractivity contribution in [2.75, 3.05) is 5.75 Å². The van der Waals surface area contributed by atoms with Crippen molar-refractivity contribution in [1.29, 1.82) is 0 Å². The van der Waals surface area contributed by atoms with E-state index in [9.17, 15) is 4.79 Å². The van der Waals surface area contributed by atoms with E-state index in [-0.39, 0.29) is 11.9 Å². The summed E-state index contributed by atoms with van der Waals surface area (Å²) >= 11 is 13.2. The highest BCUT2D eigenvalue weighted by Crippen LogP contribution is 2.22. The predicted molar refractivity (Wildman–Crippen MR) is 88.0 cm³/mol. The second-order valence-electron chi connectivity index (χ2n) is 4.41. The molecule has 0 saturated carbocycles. The Morgan fingerprint density at radius 1 is 1.29 bits per heavy atom. The first kappa shape index (κ1) is 16.1. The number of carbonyl (C=O) groups is 1. The Bertz CT molecular complexity index is 619. The van der Waals surface area contributed by atoms with Gasteiger partial charge in [0.1, 0.15) is 0 Å². The minimum Gasteiger partial charge on any atom is -0.349 e. The lowest BCUT2D eigenvalue weighted by atomic mass is 10.1. The molecule has 21 heavy (non-hydrogen) atoms. The number of benzene rings is 1. The van der Waals surface area contributed by atoms with Crippen LogP contribution in [0.4, 0.5) is 0 Å². The van der Waals surface area contributed by atoms with Crippen LogP contribution in [0, 0.1) is 0 Å². The van der Waals surface area contributed by atoms with Crippen molar-refractivity contribution >= 4 is 40.9 Å². The van der Waals surface area contributed by atoms with Crippen LogP contribution in [0.15, 0.2) is 47.6 Å². The summed E-state index contributed by atoms with van der Waals surface area (Å²) in [6.07, 6.45) is 1.56. The fourth-order valence-corrected chi connectivity index (χ4v) is 2.84. The van der Waals surface area contributed by atoms with Crippen LogP contribution in [0.5, 0.6) is 0 Å². The number of amides is 1. The molecule has 0 aliphatic rings. The monoisotopic (exact) mass is 340 g/mol. The number of nitrogens with zero attached hydrogens (tertiary/aromatic N) is 1. The SMILES string of the molecule is CC(NC(=O)CSc1ccc(Cl)cn1)c1ccccc1Cl. The second-order valence-corrected chi connectivity index (χ2v) is 6.25. The third-order valence-electron chi connectivity index (χ3n) is 2.80. The first-order chi connectivity index (χ1) is 10.1. The lowest BCUT2D eigenvalue weighted by molar-refractivity contribution is -0.119. The summed E-state index contributed by atoms with van der Waals surface area (Å²) in [5, 5.41) is 4.91. The number of hydrogen-bond acceptors (Lipinski definition) is 3. The first-order valence-corrected chi connectivity index (χ1v) is 8.08. The molecule has 0 saturated heterocycles. The van der Waals surface area contributed by atoms with Gasteiger partial charge in [-0.05, 0) is 30.7 Å². The molecule has 3 nitrogen and oxygen atoms in total. The van der Waals surface area contributed by atoms with E-state index in [0.29, 0.717) is 15.8 Å². The summed E-state index contributed by atoms with van der Waals surface area (Å²) in [5.74, 6) is 0.229. The number of hydrogen-bond donors (Lipinski definition) is 1. The van der Waals surface area contributed by atoms with E-state index in [4.69, 9.17) is 23.2 Å². The Kier molecular flexibility index (Phi) is 5.91. The summed E-state index contributed by atoms with van der Waals surface area (Å²) < 4.78 is 0. The van der Waals surface area contributed by atoms with E-state index in [1.807, 2.05) is 31.2 Å². The smallest absolute Gasteiger partial charge is 0.230 e. The molecule has 1 heterocycles. The lowest BCUT2D eigenvalue weighted by Gasteiger charge is -2.15. The van der Waals surface area contributed by atoms with Gasteiger partial charge in [0.25, 0.3) is 0 Å². The molecule has 2 rings (SSSR count). The average Bonchev–Trinajstić information content (AvgIpc) is 2.47. The number of carbonyl (C=O) groups excluding carboxylic acids is 1. The van der Waals surface area contributed by atoms with E-state index < -0.39 is 0 Å². The molecule has 110 valence electrons. The lowest BCUT2D eigenvalue weighted by Crippen LogP contribution is -2.28. The maximum absolute atomic E-state index is 11.9. The summed E-state index contributed by atoms with van der Waals surface area (Å²) in [5.41, 5.74) is 0.905. The number of pyridine rings is 1. The standard InChI is InChI=1S/C15H14Cl2N2OS/c1-10(12-4-2-3-5-13(12)17)19-14(20)9-21-15-7-6-11(16)8-18-15/h2-8,10H,9H2,1H3,(H,19,20). The van der Waals surface area contributed by atoms with Gasteiger partial charge in [0.05, 0.1) is 21.8 Å². The van der Waals surface area contributed by atoms with Crippen LogP contribution in [-0.4, -0.2) is 16.6 Å². The van der Waals surface area contributed by atoms with Crippen LogP contribution >= 0.6 is 35.0 Å². The Hall–Kier alpha value is -1.23. The minimum atomic E-state index is -0.134. The van der Waals surface area contributed by atoms with Crippen LogP contribution < -0.4 is 5.32 Å². The van der Waals surface area contributed by atoms with Gasteiger partial charge >= 0.3 is 0 Å². The molecule has 1 aromatic carbocycles. The predicted octanol–water partition coefficient (Wildman–Crippen LogP) is 4.36. The van der Waals surface area contributed by atoms with E-state index in [0.717, 1.165) is 10.6 Å². The van der Waals surface area contributed by atoms with Crippen LogP contribution in [0.3, 0.4) is 0 Å². The minimum absolute atomic E-state index is 0.0656. The summed E-state index contributed by atoms with van der Waals surface area (Å²) in [7, 11) is 0. The van der Waals surface area contributed by atoms with Gasteiger partial charge in [-0.3, -0.25) is 4.79 Å². The first-order valence-electron chi connectivity index (χ1n) is 6.34. The van der Waals surface area contributed by atoms with Crippen molar-refractivity contribution in [3.8, 4) is 0 Å². The Morgan fingerprint density at radius 3 is 2.71 bits per heavy atom. The molecule has 0 spiro atoms. The Labute approximate surface area is 138 Å². The fourth-order valence-electron chi connectivity index (χ4n) is 1.77. The fraction of sp³-hybridized carbons (Fsp3) is 0.200. The van der Waals surface area contributed by atoms with Gasteiger partial charge in [0.15, 0.2) is 0 Å². The molecule has 6 heteroatoms. The maximum Gasteiger partial charge on any atom is 0.230 e. The molecule has 1 aromatic heterocycles. The Morgan fingerprint density at radius 2 is 2.05 bits per heavy atom. The molecule has 0 aliphatic heterocycles. The summed E-state index contributed by atoms with van der Waals surface area (Å²) in [6, 6.07) is 10.9. The number of halogens is 2. The number of aromatic nitrogens is 1. The zero-order valence-corrected chi connectivity index (χ0v) is 13.7. The highest BCUT2D eigenvalue weighted by atomic mass is 35.5. The van der Waals surface area contributed by atoms with E-state index in [1.165, 1.54) is 11.8 Å². The van der Waals surface area contributed by atoms with Crippen LogP contribution in [0.1, 0.15) is 18.5 Å². The van der Waals surface area contributed by atoms with Gasteiger partial charge in [-0.2, -0.15) is 0 Å². The van der Waals surface area contributed by atoms with E-state index >= 15 is 0 Å². The molecule has 0 aliphatic carbocycles. The maximum atomic E-state index is 11.9. The van der Waals surface area contributed by atoms with Gasteiger partial charge in [-0.25, -0.2) is 4.98 Å². The molecule has 0 radical (unpaired) electrons. The molecular weight excluding hydrogens is 327 g/mol. The van der Waals surface area contributed by atoms with E-state index in [2.05, 4.69) is 10.3 Å². The molecule has 1 atom stereocenters. The summed E-state index contributed by atoms with van der Waals surface area (Å²) in [4.78, 5) is 16.1. The topological polar surface area (TPSA) is 42.0 Å². The third-order valence-corrected chi connectivity index (χ3v) is 4.31. The molecule has 0 fully saturated rings. The van der Waals surface area contributed by atoms with Gasteiger partial charge < -0.3 is 5.32 Å². The highest BCUT2D eigenvalue weighted by Gasteiger charge is 2.12. The zero-order chi connectivity index (χ0) is 15.2. The molecular formula is C15H14Cl2N2OS. The van der Waals surface area contributed by atoms with Crippen LogP contribution in [0.25, 0.3) is 0 Å². The largest absolute Gasteiger partial charge is 0.349 e. The van der Waals surface area contributed by atoms with Crippen molar-refractivity contribution < 1.29 is 4.79 Å². The van der Waals surface area contributed by atoms with Gasteiger partial charge in [-0.15, -0.1) is 0 Å². The average molecular weight is 341 g/mol. The summed E-state index contributed by atoms with van der Waals surface area (Å²) in [6.45, 7) is 1.91. The third kappa shape index (κ3) is 4.92. The second kappa shape index (κ2) is 7.69. The highest BCUT2D eigenvalue weighted by molar-refractivity contribution is 7.99. The van der Waals surface area contributed by atoms with Crippen molar-refractivity contribution in [1.82, 2.24) is 10.3 Å².